The summed E-state index contributed by atoms with van der Waals surface area (Å²) in [5, 5.41) is 9.91. The van der Waals surface area contributed by atoms with Crippen LogP contribution >= 0.6 is 0 Å². The number of fused-ring (bicyclic) bond motifs is 1. The Morgan fingerprint density at radius 3 is 2.57 bits per heavy atom. The fourth-order valence-electron chi connectivity index (χ4n) is 2.99. The van der Waals surface area contributed by atoms with Gasteiger partial charge in [0.25, 0.3) is 5.91 Å². The highest BCUT2D eigenvalue weighted by molar-refractivity contribution is 5.96. The SMILES string of the molecule is Cc1cc(NC(=O)C(Nc2ccc3c(c2)OCCCO3)c2ccccc2)no1. The average molecular weight is 379 g/mol. The van der Waals surface area contributed by atoms with E-state index in [1.165, 1.54) is 0 Å². The molecule has 0 bridgehead atoms. The number of benzene rings is 2. The largest absolute Gasteiger partial charge is 0.490 e. The van der Waals surface area contributed by atoms with Crippen LogP contribution < -0.4 is 20.1 Å². The molecular weight excluding hydrogens is 358 g/mol. The Hall–Kier alpha value is -3.48. The minimum atomic E-state index is -0.622. The Labute approximate surface area is 162 Å². The molecular formula is C21H21N3O4. The number of anilines is 2. The average Bonchev–Trinajstić information content (AvgIpc) is 2.98. The van der Waals surface area contributed by atoms with Crippen molar-refractivity contribution in [3.63, 3.8) is 0 Å². The third-order valence-corrected chi connectivity index (χ3v) is 4.33. The van der Waals surface area contributed by atoms with Crippen LogP contribution in [0.4, 0.5) is 11.5 Å². The normalized spacial score (nSPS) is 14.0. The Bertz CT molecular complexity index is 955. The van der Waals surface area contributed by atoms with Crippen LogP contribution in [-0.2, 0) is 4.79 Å². The van der Waals surface area contributed by atoms with Gasteiger partial charge in [-0.1, -0.05) is 35.5 Å². The zero-order valence-corrected chi connectivity index (χ0v) is 15.5. The summed E-state index contributed by atoms with van der Waals surface area (Å²) in [6.45, 7) is 3.00. The van der Waals surface area contributed by atoms with Gasteiger partial charge in [-0.3, -0.25) is 4.79 Å². The van der Waals surface area contributed by atoms with Crippen molar-refractivity contribution in [1.82, 2.24) is 5.16 Å². The quantitative estimate of drug-likeness (QED) is 0.698. The van der Waals surface area contributed by atoms with E-state index in [1.807, 2.05) is 48.5 Å². The van der Waals surface area contributed by atoms with E-state index < -0.39 is 6.04 Å². The van der Waals surface area contributed by atoms with E-state index in [-0.39, 0.29) is 5.91 Å². The molecule has 0 fully saturated rings. The molecule has 1 atom stereocenters. The zero-order valence-electron chi connectivity index (χ0n) is 15.5. The zero-order chi connectivity index (χ0) is 19.3. The number of aromatic nitrogens is 1. The lowest BCUT2D eigenvalue weighted by Gasteiger charge is -2.20. The number of amides is 1. The molecule has 2 heterocycles. The van der Waals surface area contributed by atoms with Crippen LogP contribution in [0.1, 0.15) is 23.8 Å². The van der Waals surface area contributed by atoms with Gasteiger partial charge < -0.3 is 24.6 Å². The second kappa shape index (κ2) is 8.04. The van der Waals surface area contributed by atoms with Crippen molar-refractivity contribution < 1.29 is 18.8 Å². The summed E-state index contributed by atoms with van der Waals surface area (Å²) in [6, 6.07) is 16.1. The van der Waals surface area contributed by atoms with Gasteiger partial charge in [0.05, 0.1) is 13.2 Å². The van der Waals surface area contributed by atoms with Crippen LogP contribution in [0, 0.1) is 6.92 Å². The van der Waals surface area contributed by atoms with E-state index >= 15 is 0 Å². The second-order valence-electron chi connectivity index (χ2n) is 6.51. The van der Waals surface area contributed by atoms with Gasteiger partial charge in [-0.05, 0) is 24.6 Å². The highest BCUT2D eigenvalue weighted by Gasteiger charge is 2.22. The maximum Gasteiger partial charge on any atom is 0.252 e. The first-order valence-electron chi connectivity index (χ1n) is 9.14. The summed E-state index contributed by atoms with van der Waals surface area (Å²) in [7, 11) is 0. The molecule has 1 aliphatic heterocycles. The van der Waals surface area contributed by atoms with Crippen LogP contribution in [0.3, 0.4) is 0 Å². The minimum Gasteiger partial charge on any atom is -0.490 e. The Morgan fingerprint density at radius 1 is 1.04 bits per heavy atom. The molecule has 4 rings (SSSR count). The summed E-state index contributed by atoms with van der Waals surface area (Å²) in [5.74, 6) is 2.14. The van der Waals surface area contributed by atoms with Crippen molar-refractivity contribution >= 4 is 17.4 Å². The monoisotopic (exact) mass is 379 g/mol. The summed E-state index contributed by atoms with van der Waals surface area (Å²) in [6.07, 6.45) is 0.837. The number of hydrogen-bond donors (Lipinski definition) is 2. The van der Waals surface area contributed by atoms with Crippen LogP contribution in [0.25, 0.3) is 0 Å². The predicted octanol–water partition coefficient (Wildman–Crippen LogP) is 3.94. The Kier molecular flexibility index (Phi) is 5.14. The van der Waals surface area contributed by atoms with Crippen molar-refractivity contribution in [2.24, 2.45) is 0 Å². The molecule has 2 aromatic carbocycles. The first kappa shape index (κ1) is 17.9. The predicted molar refractivity (Wildman–Crippen MR) is 105 cm³/mol. The van der Waals surface area contributed by atoms with Gasteiger partial charge in [0.15, 0.2) is 17.3 Å². The lowest BCUT2D eigenvalue weighted by atomic mass is 10.1. The summed E-state index contributed by atoms with van der Waals surface area (Å²) < 4.78 is 16.4. The van der Waals surface area contributed by atoms with Crippen molar-refractivity contribution in [2.75, 3.05) is 23.8 Å². The third kappa shape index (κ3) is 4.09. The summed E-state index contributed by atoms with van der Waals surface area (Å²) >= 11 is 0. The van der Waals surface area contributed by atoms with Gasteiger partial charge in [0, 0.05) is 24.2 Å². The van der Waals surface area contributed by atoms with E-state index in [0.717, 1.165) is 17.7 Å². The molecule has 0 saturated carbocycles. The van der Waals surface area contributed by atoms with Crippen LogP contribution in [0.15, 0.2) is 59.1 Å². The van der Waals surface area contributed by atoms with Crippen molar-refractivity contribution in [1.29, 1.82) is 0 Å². The van der Waals surface area contributed by atoms with Gasteiger partial charge >= 0.3 is 0 Å². The number of carbonyl (C=O) groups is 1. The number of carbonyl (C=O) groups excluding carboxylic acids is 1. The first-order chi connectivity index (χ1) is 13.7. The minimum absolute atomic E-state index is 0.244. The molecule has 0 saturated heterocycles. The fourth-order valence-corrected chi connectivity index (χ4v) is 2.99. The molecule has 3 aromatic rings. The maximum absolute atomic E-state index is 13.0. The molecule has 1 amide bonds. The lowest BCUT2D eigenvalue weighted by Crippen LogP contribution is -2.27. The number of nitrogens with zero attached hydrogens (tertiary/aromatic N) is 1. The molecule has 1 aromatic heterocycles. The molecule has 0 spiro atoms. The van der Waals surface area contributed by atoms with Gasteiger partial charge in [0.2, 0.25) is 0 Å². The standard InChI is InChI=1S/C21H21N3O4/c1-14-12-19(24-28-14)23-21(25)20(15-6-3-2-4-7-15)22-16-8-9-17-18(13-16)27-11-5-10-26-17/h2-4,6-9,12-13,20,22H,5,10-11H2,1H3,(H,23,24,25). The molecule has 7 nitrogen and oxygen atoms in total. The summed E-state index contributed by atoms with van der Waals surface area (Å²) in [5.41, 5.74) is 1.58. The van der Waals surface area contributed by atoms with E-state index in [0.29, 0.717) is 36.3 Å². The maximum atomic E-state index is 13.0. The molecule has 28 heavy (non-hydrogen) atoms. The smallest absolute Gasteiger partial charge is 0.252 e. The molecule has 144 valence electrons. The van der Waals surface area contributed by atoms with Crippen LogP contribution in [0.2, 0.25) is 0 Å². The number of ether oxygens (including phenoxy) is 2. The third-order valence-electron chi connectivity index (χ3n) is 4.33. The molecule has 1 unspecified atom stereocenters. The van der Waals surface area contributed by atoms with Crippen molar-refractivity contribution in [3.05, 3.63) is 65.9 Å². The fraction of sp³-hybridized carbons (Fsp3) is 0.238. The molecule has 7 heteroatoms. The van der Waals surface area contributed by atoms with Gasteiger partial charge in [-0.2, -0.15) is 0 Å². The lowest BCUT2D eigenvalue weighted by molar-refractivity contribution is -0.117. The summed E-state index contributed by atoms with van der Waals surface area (Å²) in [4.78, 5) is 13.0. The number of nitrogens with one attached hydrogen (secondary N) is 2. The first-order valence-corrected chi connectivity index (χ1v) is 9.14. The highest BCUT2D eigenvalue weighted by atomic mass is 16.5. The number of rotatable bonds is 5. The topological polar surface area (TPSA) is 85.6 Å². The van der Waals surface area contributed by atoms with E-state index in [2.05, 4.69) is 15.8 Å². The van der Waals surface area contributed by atoms with Gasteiger partial charge in [0.1, 0.15) is 11.8 Å². The second-order valence-corrected chi connectivity index (χ2v) is 6.51. The number of aryl methyl sites for hydroxylation is 1. The van der Waals surface area contributed by atoms with E-state index in [9.17, 15) is 4.79 Å². The van der Waals surface area contributed by atoms with Crippen molar-refractivity contribution in [3.8, 4) is 11.5 Å². The van der Waals surface area contributed by atoms with Crippen LogP contribution in [0.5, 0.6) is 11.5 Å². The van der Waals surface area contributed by atoms with E-state index in [1.54, 1.807) is 13.0 Å². The molecule has 1 aliphatic rings. The van der Waals surface area contributed by atoms with Crippen molar-refractivity contribution in [2.45, 2.75) is 19.4 Å². The highest BCUT2D eigenvalue weighted by Crippen LogP contribution is 2.33. The van der Waals surface area contributed by atoms with E-state index in [4.69, 9.17) is 14.0 Å². The Balaban J connectivity index is 1.59. The van der Waals surface area contributed by atoms with Gasteiger partial charge in [-0.15, -0.1) is 0 Å². The van der Waals surface area contributed by atoms with Crippen LogP contribution in [-0.4, -0.2) is 24.3 Å². The Morgan fingerprint density at radius 2 is 1.82 bits per heavy atom. The number of hydrogen-bond acceptors (Lipinski definition) is 6. The molecule has 0 aliphatic carbocycles. The molecule has 0 radical (unpaired) electrons. The van der Waals surface area contributed by atoms with Gasteiger partial charge in [-0.25, -0.2) is 0 Å². The molecule has 2 N–H and O–H groups in total.